The molecule has 0 saturated heterocycles. The van der Waals surface area contributed by atoms with Crippen LogP contribution in [0.3, 0.4) is 0 Å². The predicted octanol–water partition coefficient (Wildman–Crippen LogP) is 4.17. The topological polar surface area (TPSA) is 46.5 Å². The van der Waals surface area contributed by atoms with Crippen molar-refractivity contribution < 1.29 is 19.0 Å². The fourth-order valence-electron chi connectivity index (χ4n) is 1.75. The minimum Gasteiger partial charge on any atom is -0.489 e. The van der Waals surface area contributed by atoms with Crippen LogP contribution in [0.1, 0.15) is 21.5 Å². The molecule has 20 heavy (non-hydrogen) atoms. The lowest BCUT2D eigenvalue weighted by atomic mass is 10.1. The van der Waals surface area contributed by atoms with Gasteiger partial charge in [-0.2, -0.15) is 0 Å². The first-order chi connectivity index (χ1) is 9.45. The number of ether oxygens (including phenoxy) is 1. The molecule has 0 aliphatic heterocycles. The Labute approximate surface area is 124 Å². The van der Waals surface area contributed by atoms with Gasteiger partial charge in [-0.3, -0.25) is 0 Å². The van der Waals surface area contributed by atoms with Crippen molar-refractivity contribution in [3.05, 3.63) is 63.4 Å². The van der Waals surface area contributed by atoms with Gasteiger partial charge in [-0.1, -0.05) is 22.0 Å². The van der Waals surface area contributed by atoms with Crippen molar-refractivity contribution in [2.45, 2.75) is 13.5 Å². The van der Waals surface area contributed by atoms with E-state index in [9.17, 15) is 9.18 Å². The van der Waals surface area contributed by atoms with Gasteiger partial charge in [0.2, 0.25) is 0 Å². The zero-order chi connectivity index (χ0) is 14.7. The summed E-state index contributed by atoms with van der Waals surface area (Å²) in [5.74, 6) is -1.08. The Bertz CT molecular complexity index is 656. The quantitative estimate of drug-likeness (QED) is 0.909. The largest absolute Gasteiger partial charge is 0.489 e. The van der Waals surface area contributed by atoms with Gasteiger partial charge in [-0.05, 0) is 48.4 Å². The third kappa shape index (κ3) is 3.57. The first kappa shape index (κ1) is 14.5. The summed E-state index contributed by atoms with van der Waals surface area (Å²) in [5.41, 5.74) is 1.33. The van der Waals surface area contributed by atoms with Crippen molar-refractivity contribution in [1.29, 1.82) is 0 Å². The van der Waals surface area contributed by atoms with Gasteiger partial charge in [0, 0.05) is 4.47 Å². The number of hydrogen-bond acceptors (Lipinski definition) is 2. The Kier molecular flexibility index (Phi) is 4.39. The van der Waals surface area contributed by atoms with Gasteiger partial charge in [0.25, 0.3) is 0 Å². The fourth-order valence-corrected chi connectivity index (χ4v) is 2.09. The molecule has 1 N–H and O–H groups in total. The summed E-state index contributed by atoms with van der Waals surface area (Å²) in [4.78, 5) is 10.9. The van der Waals surface area contributed by atoms with Crippen LogP contribution in [0, 0.1) is 12.7 Å². The van der Waals surface area contributed by atoms with E-state index in [-0.39, 0.29) is 12.2 Å². The standard InChI is InChI=1S/C15H12BrFO3/c1-9-2-3-12(16)7-14(9)20-8-10-4-11(15(18)19)6-13(17)5-10/h2-7H,8H2,1H3,(H,18,19). The van der Waals surface area contributed by atoms with Gasteiger partial charge in [-0.15, -0.1) is 0 Å². The van der Waals surface area contributed by atoms with Crippen LogP contribution in [0.5, 0.6) is 5.75 Å². The maximum Gasteiger partial charge on any atom is 0.335 e. The number of carbonyl (C=O) groups is 1. The molecule has 0 aliphatic carbocycles. The summed E-state index contributed by atoms with van der Waals surface area (Å²) < 4.78 is 19.8. The van der Waals surface area contributed by atoms with E-state index in [4.69, 9.17) is 9.84 Å². The molecule has 0 amide bonds. The second-order valence-electron chi connectivity index (χ2n) is 4.35. The van der Waals surface area contributed by atoms with Crippen LogP contribution in [-0.4, -0.2) is 11.1 Å². The minimum atomic E-state index is -1.16. The zero-order valence-electron chi connectivity index (χ0n) is 10.7. The van der Waals surface area contributed by atoms with E-state index in [1.165, 1.54) is 12.1 Å². The summed E-state index contributed by atoms with van der Waals surface area (Å²) in [5, 5.41) is 8.89. The second kappa shape index (κ2) is 6.05. The van der Waals surface area contributed by atoms with Gasteiger partial charge in [-0.25, -0.2) is 9.18 Å². The van der Waals surface area contributed by atoms with E-state index in [0.29, 0.717) is 11.3 Å². The molecular weight excluding hydrogens is 327 g/mol. The average molecular weight is 339 g/mol. The lowest BCUT2D eigenvalue weighted by Crippen LogP contribution is -2.02. The van der Waals surface area contributed by atoms with Gasteiger partial charge in [0.15, 0.2) is 0 Å². The van der Waals surface area contributed by atoms with Crippen LogP contribution < -0.4 is 4.74 Å². The van der Waals surface area contributed by atoms with Crippen molar-refractivity contribution >= 4 is 21.9 Å². The minimum absolute atomic E-state index is 0.0884. The van der Waals surface area contributed by atoms with Crippen molar-refractivity contribution in [1.82, 2.24) is 0 Å². The first-order valence-corrected chi connectivity index (χ1v) is 6.67. The summed E-state index contributed by atoms with van der Waals surface area (Å²) >= 11 is 3.35. The van der Waals surface area contributed by atoms with Crippen molar-refractivity contribution in [3.63, 3.8) is 0 Å². The molecule has 0 fully saturated rings. The van der Waals surface area contributed by atoms with E-state index in [0.717, 1.165) is 16.1 Å². The summed E-state index contributed by atoms with van der Waals surface area (Å²) in [6.45, 7) is 2.01. The zero-order valence-corrected chi connectivity index (χ0v) is 12.3. The maximum absolute atomic E-state index is 13.3. The summed E-state index contributed by atoms with van der Waals surface area (Å²) in [6, 6.07) is 9.25. The number of aromatic carboxylic acids is 1. The highest BCUT2D eigenvalue weighted by Crippen LogP contribution is 2.24. The highest BCUT2D eigenvalue weighted by molar-refractivity contribution is 9.10. The Hall–Kier alpha value is -1.88. The number of aryl methyl sites for hydroxylation is 1. The molecule has 0 radical (unpaired) electrons. The molecule has 0 bridgehead atoms. The molecule has 2 aromatic carbocycles. The van der Waals surface area contributed by atoms with Crippen molar-refractivity contribution in [3.8, 4) is 5.75 Å². The Morgan fingerprint density at radius 2 is 2.05 bits per heavy atom. The van der Waals surface area contributed by atoms with Crippen molar-refractivity contribution in [2.75, 3.05) is 0 Å². The number of benzene rings is 2. The predicted molar refractivity (Wildman–Crippen MR) is 76.6 cm³/mol. The molecule has 3 nitrogen and oxygen atoms in total. The highest BCUT2D eigenvalue weighted by Gasteiger charge is 2.08. The van der Waals surface area contributed by atoms with Crippen LogP contribution in [0.25, 0.3) is 0 Å². The Balaban J connectivity index is 2.18. The number of halogens is 2. The molecule has 0 aromatic heterocycles. The number of carboxylic acids is 1. The lowest BCUT2D eigenvalue weighted by Gasteiger charge is -2.10. The van der Waals surface area contributed by atoms with E-state index < -0.39 is 11.8 Å². The van der Waals surface area contributed by atoms with Gasteiger partial charge >= 0.3 is 5.97 Å². The molecule has 0 aliphatic rings. The Morgan fingerprint density at radius 3 is 2.75 bits per heavy atom. The van der Waals surface area contributed by atoms with E-state index in [2.05, 4.69) is 15.9 Å². The molecular formula is C15H12BrFO3. The normalized spacial score (nSPS) is 10.3. The van der Waals surface area contributed by atoms with Crippen LogP contribution in [0.4, 0.5) is 4.39 Å². The third-order valence-electron chi connectivity index (χ3n) is 2.75. The lowest BCUT2D eigenvalue weighted by molar-refractivity contribution is 0.0696. The monoisotopic (exact) mass is 338 g/mol. The molecule has 104 valence electrons. The maximum atomic E-state index is 13.3. The van der Waals surface area contributed by atoms with Gasteiger partial charge in [0.1, 0.15) is 18.2 Å². The Morgan fingerprint density at radius 1 is 1.30 bits per heavy atom. The summed E-state index contributed by atoms with van der Waals surface area (Å²) in [6.07, 6.45) is 0. The number of hydrogen-bond donors (Lipinski definition) is 1. The third-order valence-corrected chi connectivity index (χ3v) is 3.24. The second-order valence-corrected chi connectivity index (χ2v) is 5.27. The van der Waals surface area contributed by atoms with Crippen LogP contribution in [0.2, 0.25) is 0 Å². The molecule has 0 atom stereocenters. The van der Waals surface area contributed by atoms with Crippen LogP contribution >= 0.6 is 15.9 Å². The molecule has 0 unspecified atom stereocenters. The SMILES string of the molecule is Cc1ccc(Br)cc1OCc1cc(F)cc(C(=O)O)c1. The average Bonchev–Trinajstić information content (AvgIpc) is 2.39. The van der Waals surface area contributed by atoms with Crippen LogP contribution in [-0.2, 0) is 6.61 Å². The summed E-state index contributed by atoms with van der Waals surface area (Å²) in [7, 11) is 0. The van der Waals surface area contributed by atoms with E-state index in [1.807, 2.05) is 25.1 Å². The van der Waals surface area contributed by atoms with E-state index >= 15 is 0 Å². The molecule has 0 saturated carbocycles. The molecule has 0 spiro atoms. The first-order valence-electron chi connectivity index (χ1n) is 5.87. The fraction of sp³-hybridized carbons (Fsp3) is 0.133. The van der Waals surface area contributed by atoms with Crippen LogP contribution in [0.15, 0.2) is 40.9 Å². The van der Waals surface area contributed by atoms with E-state index in [1.54, 1.807) is 0 Å². The highest BCUT2D eigenvalue weighted by atomic mass is 79.9. The molecule has 2 rings (SSSR count). The van der Waals surface area contributed by atoms with Gasteiger partial charge in [0.05, 0.1) is 5.56 Å². The molecule has 2 aromatic rings. The van der Waals surface area contributed by atoms with Crippen molar-refractivity contribution in [2.24, 2.45) is 0 Å². The number of rotatable bonds is 4. The molecule has 5 heteroatoms. The number of carboxylic acid groups (broad SMARTS) is 1. The van der Waals surface area contributed by atoms with Gasteiger partial charge < -0.3 is 9.84 Å². The smallest absolute Gasteiger partial charge is 0.335 e. The molecule has 0 heterocycles.